The lowest BCUT2D eigenvalue weighted by atomic mass is 9.82. The Morgan fingerprint density at radius 2 is 1.83 bits per heavy atom. The van der Waals surface area contributed by atoms with Crippen LogP contribution in [-0.2, 0) is 9.59 Å². The fourth-order valence-electron chi connectivity index (χ4n) is 2.01. The van der Waals surface area contributed by atoms with E-state index < -0.39 is 22.2 Å². The average molecular weight is 324 g/mol. The SMILES string of the molecule is CCC(CC)(CNC(=O)COc1ccc([N+](=O)[O-])cc1)C(=O)O. The molecule has 0 saturated carbocycles. The summed E-state index contributed by atoms with van der Waals surface area (Å²) in [5.74, 6) is -1.07. The van der Waals surface area contributed by atoms with Gasteiger partial charge in [0.25, 0.3) is 11.6 Å². The van der Waals surface area contributed by atoms with Gasteiger partial charge in [0, 0.05) is 18.7 Å². The molecule has 0 fully saturated rings. The number of hydrogen-bond acceptors (Lipinski definition) is 5. The smallest absolute Gasteiger partial charge is 0.311 e. The van der Waals surface area contributed by atoms with E-state index in [0.29, 0.717) is 18.6 Å². The first-order valence-electron chi connectivity index (χ1n) is 7.22. The summed E-state index contributed by atoms with van der Waals surface area (Å²) in [6.45, 7) is 3.26. The summed E-state index contributed by atoms with van der Waals surface area (Å²) in [6, 6.07) is 5.34. The number of ether oxygens (including phenoxy) is 1. The molecule has 0 aromatic heterocycles. The number of carboxylic acids is 1. The first kappa shape index (κ1) is 18.4. The van der Waals surface area contributed by atoms with Crippen molar-refractivity contribution in [3.63, 3.8) is 0 Å². The third-order valence-corrected chi connectivity index (χ3v) is 3.85. The standard InChI is InChI=1S/C15H20N2O6/c1-3-15(4-2,14(19)20)10-16-13(18)9-23-12-7-5-11(6-8-12)17(21)22/h5-8H,3-4,9-10H2,1-2H3,(H,16,18)(H,19,20). The molecule has 1 aromatic carbocycles. The van der Waals surface area contributed by atoms with Crippen LogP contribution in [0.15, 0.2) is 24.3 Å². The zero-order chi connectivity index (χ0) is 17.5. The molecule has 0 aliphatic rings. The van der Waals surface area contributed by atoms with E-state index in [1.165, 1.54) is 24.3 Å². The van der Waals surface area contributed by atoms with Crippen molar-refractivity contribution in [2.45, 2.75) is 26.7 Å². The van der Waals surface area contributed by atoms with Crippen molar-refractivity contribution < 1.29 is 24.4 Å². The Morgan fingerprint density at radius 1 is 1.26 bits per heavy atom. The average Bonchev–Trinajstić information content (AvgIpc) is 2.54. The van der Waals surface area contributed by atoms with Gasteiger partial charge in [0.05, 0.1) is 10.3 Å². The van der Waals surface area contributed by atoms with Crippen molar-refractivity contribution in [2.24, 2.45) is 5.41 Å². The Balaban J connectivity index is 2.51. The molecular weight excluding hydrogens is 304 g/mol. The highest BCUT2D eigenvalue weighted by Crippen LogP contribution is 2.25. The second-order valence-corrected chi connectivity index (χ2v) is 5.11. The molecule has 8 nitrogen and oxygen atoms in total. The third kappa shape index (κ3) is 4.94. The first-order valence-corrected chi connectivity index (χ1v) is 7.22. The topological polar surface area (TPSA) is 119 Å². The Kier molecular flexibility index (Phi) is 6.49. The second kappa shape index (κ2) is 8.11. The van der Waals surface area contributed by atoms with E-state index in [2.05, 4.69) is 5.32 Å². The molecular formula is C15H20N2O6. The van der Waals surface area contributed by atoms with Crippen LogP contribution in [0.2, 0.25) is 0 Å². The summed E-state index contributed by atoms with van der Waals surface area (Å²) in [6.07, 6.45) is 0.810. The van der Waals surface area contributed by atoms with Gasteiger partial charge in [-0.1, -0.05) is 13.8 Å². The van der Waals surface area contributed by atoms with Gasteiger partial charge in [-0.2, -0.15) is 0 Å². The number of aliphatic carboxylic acids is 1. The van der Waals surface area contributed by atoms with Crippen LogP contribution in [0.4, 0.5) is 5.69 Å². The quantitative estimate of drug-likeness (QED) is 0.529. The van der Waals surface area contributed by atoms with Crippen molar-refractivity contribution in [3.05, 3.63) is 34.4 Å². The van der Waals surface area contributed by atoms with Crippen LogP contribution >= 0.6 is 0 Å². The van der Waals surface area contributed by atoms with Crippen LogP contribution in [0.5, 0.6) is 5.75 Å². The Morgan fingerprint density at radius 3 is 2.26 bits per heavy atom. The van der Waals surface area contributed by atoms with Crippen molar-refractivity contribution in [1.82, 2.24) is 5.32 Å². The molecule has 1 rings (SSSR count). The summed E-state index contributed by atoms with van der Waals surface area (Å²) >= 11 is 0. The molecule has 0 heterocycles. The number of non-ortho nitro benzene ring substituents is 1. The second-order valence-electron chi connectivity index (χ2n) is 5.11. The van der Waals surface area contributed by atoms with E-state index in [9.17, 15) is 24.8 Å². The third-order valence-electron chi connectivity index (χ3n) is 3.85. The molecule has 0 spiro atoms. The lowest BCUT2D eigenvalue weighted by Crippen LogP contribution is -2.43. The van der Waals surface area contributed by atoms with Gasteiger partial charge >= 0.3 is 5.97 Å². The normalized spacial score (nSPS) is 10.9. The summed E-state index contributed by atoms with van der Waals surface area (Å²) in [5.41, 5.74) is -1.05. The monoisotopic (exact) mass is 324 g/mol. The maximum Gasteiger partial charge on any atom is 0.311 e. The molecule has 0 radical (unpaired) electrons. The number of amides is 1. The Labute approximate surface area is 133 Å². The van der Waals surface area contributed by atoms with Gasteiger partial charge in [0.2, 0.25) is 0 Å². The van der Waals surface area contributed by atoms with Crippen molar-refractivity contribution >= 4 is 17.6 Å². The number of benzene rings is 1. The molecule has 0 aliphatic carbocycles. The van der Waals surface area contributed by atoms with E-state index in [-0.39, 0.29) is 18.8 Å². The molecule has 126 valence electrons. The van der Waals surface area contributed by atoms with E-state index in [4.69, 9.17) is 4.74 Å². The molecule has 2 N–H and O–H groups in total. The van der Waals surface area contributed by atoms with Crippen LogP contribution < -0.4 is 10.1 Å². The number of carboxylic acid groups (broad SMARTS) is 1. The minimum absolute atomic E-state index is 0.0256. The van der Waals surface area contributed by atoms with Crippen molar-refractivity contribution in [3.8, 4) is 5.75 Å². The van der Waals surface area contributed by atoms with Crippen LogP contribution in [0.3, 0.4) is 0 Å². The summed E-state index contributed by atoms with van der Waals surface area (Å²) < 4.78 is 5.21. The van der Waals surface area contributed by atoms with E-state index in [1.54, 1.807) is 13.8 Å². The fraction of sp³-hybridized carbons (Fsp3) is 0.467. The van der Waals surface area contributed by atoms with Gasteiger partial charge in [-0.15, -0.1) is 0 Å². The highest BCUT2D eigenvalue weighted by Gasteiger charge is 2.35. The molecule has 0 bridgehead atoms. The number of rotatable bonds is 9. The van der Waals surface area contributed by atoms with Crippen LogP contribution in [0.25, 0.3) is 0 Å². The zero-order valence-corrected chi connectivity index (χ0v) is 13.1. The van der Waals surface area contributed by atoms with Crippen molar-refractivity contribution in [2.75, 3.05) is 13.2 Å². The minimum Gasteiger partial charge on any atom is -0.484 e. The molecule has 1 aromatic rings. The van der Waals surface area contributed by atoms with Crippen molar-refractivity contribution in [1.29, 1.82) is 0 Å². The number of nitro groups is 1. The van der Waals surface area contributed by atoms with Gasteiger partial charge in [-0.3, -0.25) is 19.7 Å². The van der Waals surface area contributed by atoms with Crippen LogP contribution in [0.1, 0.15) is 26.7 Å². The lowest BCUT2D eigenvalue weighted by Gasteiger charge is -2.26. The van der Waals surface area contributed by atoms with Crippen LogP contribution in [0, 0.1) is 15.5 Å². The first-order chi connectivity index (χ1) is 10.8. The van der Waals surface area contributed by atoms with Gasteiger partial charge < -0.3 is 15.2 Å². The van der Waals surface area contributed by atoms with E-state index in [0.717, 1.165) is 0 Å². The molecule has 23 heavy (non-hydrogen) atoms. The highest BCUT2D eigenvalue weighted by molar-refractivity contribution is 5.80. The fourth-order valence-corrected chi connectivity index (χ4v) is 2.01. The van der Waals surface area contributed by atoms with E-state index in [1.807, 2.05) is 0 Å². The molecule has 0 saturated heterocycles. The van der Waals surface area contributed by atoms with Gasteiger partial charge in [-0.25, -0.2) is 0 Å². The number of hydrogen-bond donors (Lipinski definition) is 2. The largest absolute Gasteiger partial charge is 0.484 e. The number of nitrogens with one attached hydrogen (secondary N) is 1. The maximum atomic E-state index is 11.8. The van der Waals surface area contributed by atoms with Gasteiger partial charge in [0.1, 0.15) is 5.75 Å². The Hall–Kier alpha value is -2.64. The summed E-state index contributed by atoms with van der Waals surface area (Å²) in [5, 5.41) is 22.4. The number of nitrogens with zero attached hydrogens (tertiary/aromatic N) is 1. The minimum atomic E-state index is -0.983. The van der Waals surface area contributed by atoms with Crippen LogP contribution in [-0.4, -0.2) is 35.1 Å². The lowest BCUT2D eigenvalue weighted by molar-refractivity contribution is -0.384. The molecule has 0 unspecified atom stereocenters. The molecule has 0 atom stereocenters. The molecule has 0 aliphatic heterocycles. The number of carbonyl (C=O) groups excluding carboxylic acids is 1. The Bertz CT molecular complexity index is 566. The molecule has 1 amide bonds. The van der Waals surface area contributed by atoms with Gasteiger partial charge in [0.15, 0.2) is 6.61 Å². The van der Waals surface area contributed by atoms with Gasteiger partial charge in [-0.05, 0) is 25.0 Å². The number of nitro benzene ring substituents is 1. The maximum absolute atomic E-state index is 11.8. The number of carbonyl (C=O) groups is 2. The predicted octanol–water partition coefficient (Wildman–Crippen LogP) is 1.98. The highest BCUT2D eigenvalue weighted by atomic mass is 16.6. The zero-order valence-electron chi connectivity index (χ0n) is 13.1. The predicted molar refractivity (Wildman–Crippen MR) is 82.3 cm³/mol. The molecule has 8 heteroatoms. The summed E-state index contributed by atoms with van der Waals surface area (Å²) in [4.78, 5) is 33.1. The summed E-state index contributed by atoms with van der Waals surface area (Å²) in [7, 11) is 0. The van der Waals surface area contributed by atoms with E-state index >= 15 is 0 Å².